The highest BCUT2D eigenvalue weighted by Gasteiger charge is 2.22. The molecular weight excluding hydrogens is 447 g/mol. The Morgan fingerprint density at radius 3 is 2.85 bits per heavy atom. The van der Waals surface area contributed by atoms with Crippen molar-refractivity contribution in [2.75, 3.05) is 46.3 Å². The van der Waals surface area contributed by atoms with Crippen molar-refractivity contribution < 1.29 is 0 Å². The average Bonchev–Trinajstić information content (AvgIpc) is 3.12. The van der Waals surface area contributed by atoms with Gasteiger partial charge in [-0.25, -0.2) is 0 Å². The van der Waals surface area contributed by atoms with Gasteiger partial charge in [0.2, 0.25) is 0 Å². The van der Waals surface area contributed by atoms with Crippen molar-refractivity contribution in [2.24, 2.45) is 10.9 Å². The Bertz CT molecular complexity index is 547. The van der Waals surface area contributed by atoms with Crippen LogP contribution in [0.15, 0.2) is 48.0 Å². The second-order valence-electron chi connectivity index (χ2n) is 7.24. The first kappa shape index (κ1) is 24.0. The van der Waals surface area contributed by atoms with Crippen LogP contribution < -0.4 is 5.32 Å². The number of aliphatic imine (C=N–C) groups is 1. The zero-order valence-corrected chi connectivity index (χ0v) is 19.4. The zero-order valence-electron chi connectivity index (χ0n) is 17.1. The van der Waals surface area contributed by atoms with E-state index in [0.29, 0.717) is 5.92 Å². The molecule has 1 heterocycles. The summed E-state index contributed by atoms with van der Waals surface area (Å²) in [4.78, 5) is 9.74. The van der Waals surface area contributed by atoms with E-state index < -0.39 is 0 Å². The van der Waals surface area contributed by atoms with E-state index in [-0.39, 0.29) is 24.0 Å². The number of allylic oxidation sites excluding steroid dienone is 1. The van der Waals surface area contributed by atoms with Crippen LogP contribution in [0.1, 0.15) is 31.7 Å². The second-order valence-corrected chi connectivity index (χ2v) is 7.24. The maximum absolute atomic E-state index is 4.91. The Hall–Kier alpha value is -1.08. The van der Waals surface area contributed by atoms with Crippen molar-refractivity contribution in [1.29, 1.82) is 0 Å². The summed E-state index contributed by atoms with van der Waals surface area (Å²) in [6, 6.07) is 10.8. The molecule has 4 nitrogen and oxygen atoms in total. The normalized spacial score (nSPS) is 17.4. The fraction of sp³-hybridized carbons (Fsp3) is 0.591. The van der Waals surface area contributed by atoms with Gasteiger partial charge in [-0.3, -0.25) is 4.99 Å². The third-order valence-electron chi connectivity index (χ3n) is 5.03. The van der Waals surface area contributed by atoms with Gasteiger partial charge in [0.1, 0.15) is 0 Å². The first-order chi connectivity index (χ1) is 12.7. The lowest BCUT2D eigenvalue weighted by Gasteiger charge is -2.22. The summed E-state index contributed by atoms with van der Waals surface area (Å²) >= 11 is 0. The number of nitrogens with zero attached hydrogens (tertiary/aromatic N) is 3. The quantitative estimate of drug-likeness (QED) is 0.179. The number of hydrogen-bond donors (Lipinski definition) is 1. The molecule has 0 amide bonds. The van der Waals surface area contributed by atoms with E-state index >= 15 is 0 Å². The minimum atomic E-state index is 0. The molecule has 152 valence electrons. The van der Waals surface area contributed by atoms with E-state index in [1.165, 1.54) is 25.1 Å². The molecule has 1 aliphatic heterocycles. The summed E-state index contributed by atoms with van der Waals surface area (Å²) in [5.74, 6) is 1.72. The van der Waals surface area contributed by atoms with Crippen molar-refractivity contribution in [1.82, 2.24) is 15.1 Å². The first-order valence-electron chi connectivity index (χ1n) is 10.1. The molecule has 0 aromatic heterocycles. The van der Waals surface area contributed by atoms with E-state index in [1.54, 1.807) is 0 Å². The summed E-state index contributed by atoms with van der Waals surface area (Å²) in [7, 11) is 2.13. The van der Waals surface area contributed by atoms with E-state index in [0.717, 1.165) is 51.4 Å². The maximum atomic E-state index is 4.91. The molecule has 0 aliphatic carbocycles. The fourth-order valence-electron chi connectivity index (χ4n) is 3.46. The van der Waals surface area contributed by atoms with Crippen molar-refractivity contribution in [3.63, 3.8) is 0 Å². The summed E-state index contributed by atoms with van der Waals surface area (Å²) in [5, 5.41) is 3.43. The van der Waals surface area contributed by atoms with Crippen molar-refractivity contribution in [3.8, 4) is 0 Å². The third-order valence-corrected chi connectivity index (χ3v) is 5.03. The molecule has 2 rings (SSSR count). The van der Waals surface area contributed by atoms with Crippen molar-refractivity contribution in [3.05, 3.63) is 48.6 Å². The van der Waals surface area contributed by atoms with E-state index in [1.807, 2.05) is 6.08 Å². The topological polar surface area (TPSA) is 30.9 Å². The molecule has 1 aromatic rings. The van der Waals surface area contributed by atoms with Gasteiger partial charge in [-0.15, -0.1) is 30.6 Å². The maximum Gasteiger partial charge on any atom is 0.193 e. The number of hydrogen-bond acceptors (Lipinski definition) is 2. The van der Waals surface area contributed by atoms with Gasteiger partial charge in [0.25, 0.3) is 0 Å². The lowest BCUT2D eigenvalue weighted by atomic mass is 10.1. The Kier molecular flexibility index (Phi) is 12.4. The molecule has 27 heavy (non-hydrogen) atoms. The average molecular weight is 484 g/mol. The Balaban J connectivity index is 0.00000364. The molecule has 1 fully saturated rings. The molecule has 1 N–H and O–H groups in total. The third kappa shape index (κ3) is 9.10. The molecular formula is C22H37IN4. The standard InChI is InChI=1S/C22H36N4.HI/c1-4-6-10-15-25(3)22(23-5-2)24-18-21-14-17-26(19-21)16-13-20-11-8-7-9-12-20;/h4,7-9,11-12,21H,1,5-6,10,13-19H2,2-3H3,(H,23,24);1H. The molecule has 1 saturated heterocycles. The van der Waals surface area contributed by atoms with Crippen molar-refractivity contribution in [2.45, 2.75) is 32.6 Å². The SMILES string of the molecule is C=CCCCN(C)C(=NCC1CCN(CCc2ccccc2)C1)NCC.I. The van der Waals surface area contributed by atoms with Gasteiger partial charge in [-0.2, -0.15) is 0 Å². The molecule has 1 unspecified atom stereocenters. The molecule has 1 aliphatic rings. The van der Waals surface area contributed by atoms with Crippen LogP contribution in [0.2, 0.25) is 0 Å². The van der Waals surface area contributed by atoms with Crippen LogP contribution in [-0.2, 0) is 6.42 Å². The van der Waals surface area contributed by atoms with Gasteiger partial charge in [-0.1, -0.05) is 36.4 Å². The minimum Gasteiger partial charge on any atom is -0.357 e. The Morgan fingerprint density at radius 2 is 2.15 bits per heavy atom. The smallest absolute Gasteiger partial charge is 0.193 e. The highest BCUT2D eigenvalue weighted by atomic mass is 127. The fourth-order valence-corrected chi connectivity index (χ4v) is 3.46. The van der Waals surface area contributed by atoms with E-state index in [2.05, 4.69) is 66.0 Å². The Labute approximate surface area is 183 Å². The van der Waals surface area contributed by atoms with Crippen LogP contribution in [0.3, 0.4) is 0 Å². The number of rotatable bonds is 10. The monoisotopic (exact) mass is 484 g/mol. The molecule has 5 heteroatoms. The van der Waals surface area contributed by atoms with Gasteiger partial charge in [0.15, 0.2) is 5.96 Å². The Morgan fingerprint density at radius 1 is 1.37 bits per heavy atom. The van der Waals surface area contributed by atoms with Gasteiger partial charge < -0.3 is 15.1 Å². The lowest BCUT2D eigenvalue weighted by Crippen LogP contribution is -2.39. The van der Waals surface area contributed by atoms with Gasteiger partial charge in [0, 0.05) is 39.8 Å². The predicted octanol–water partition coefficient (Wildman–Crippen LogP) is 4.03. The molecule has 0 spiro atoms. The summed E-state index contributed by atoms with van der Waals surface area (Å²) in [5.41, 5.74) is 1.43. The van der Waals surface area contributed by atoms with Crippen LogP contribution in [0.25, 0.3) is 0 Å². The number of guanidine groups is 1. The number of halogens is 1. The largest absolute Gasteiger partial charge is 0.357 e. The van der Waals surface area contributed by atoms with E-state index in [9.17, 15) is 0 Å². The van der Waals surface area contributed by atoms with Crippen LogP contribution in [0.5, 0.6) is 0 Å². The van der Waals surface area contributed by atoms with Crippen LogP contribution in [0, 0.1) is 5.92 Å². The number of benzene rings is 1. The number of unbranched alkanes of at least 4 members (excludes halogenated alkanes) is 1. The summed E-state index contributed by atoms with van der Waals surface area (Å²) < 4.78 is 0. The molecule has 0 radical (unpaired) electrons. The lowest BCUT2D eigenvalue weighted by molar-refractivity contribution is 0.329. The summed E-state index contributed by atoms with van der Waals surface area (Å²) in [6.45, 7) is 12.3. The molecule has 1 aromatic carbocycles. The van der Waals surface area contributed by atoms with E-state index in [4.69, 9.17) is 4.99 Å². The molecule has 1 atom stereocenters. The number of nitrogens with one attached hydrogen (secondary N) is 1. The highest BCUT2D eigenvalue weighted by Crippen LogP contribution is 2.17. The minimum absolute atomic E-state index is 0. The highest BCUT2D eigenvalue weighted by molar-refractivity contribution is 14.0. The molecule has 0 bridgehead atoms. The first-order valence-corrected chi connectivity index (χ1v) is 10.1. The molecule has 0 saturated carbocycles. The predicted molar refractivity (Wildman–Crippen MR) is 128 cm³/mol. The van der Waals surface area contributed by atoms with Gasteiger partial charge in [0.05, 0.1) is 0 Å². The van der Waals surface area contributed by atoms with Crippen LogP contribution >= 0.6 is 24.0 Å². The zero-order chi connectivity index (χ0) is 18.6. The van der Waals surface area contributed by atoms with Crippen LogP contribution in [-0.4, -0.2) is 62.1 Å². The number of likely N-dealkylation sites (tertiary alicyclic amines) is 1. The summed E-state index contributed by atoms with van der Waals surface area (Å²) in [6.07, 6.45) is 6.58. The van der Waals surface area contributed by atoms with Crippen LogP contribution in [0.4, 0.5) is 0 Å². The second kappa shape index (κ2) is 14.0. The van der Waals surface area contributed by atoms with Crippen molar-refractivity contribution >= 4 is 29.9 Å². The van der Waals surface area contributed by atoms with Gasteiger partial charge >= 0.3 is 0 Å². The van der Waals surface area contributed by atoms with Gasteiger partial charge in [-0.05, 0) is 50.6 Å².